The maximum absolute atomic E-state index is 14.7. The van der Waals surface area contributed by atoms with Crippen LogP contribution in [0.2, 0.25) is 0 Å². The summed E-state index contributed by atoms with van der Waals surface area (Å²) in [6.07, 6.45) is -2.28. The lowest BCUT2D eigenvalue weighted by Crippen LogP contribution is -2.64. The predicted octanol–water partition coefficient (Wildman–Crippen LogP) is 3.52. The molecular weight excluding hydrogens is 497 g/mol. The second kappa shape index (κ2) is 9.07. The summed E-state index contributed by atoms with van der Waals surface area (Å²) in [5, 5.41) is 6.97. The van der Waals surface area contributed by atoms with E-state index in [1.54, 1.807) is 6.92 Å². The molecule has 4 rings (SSSR count). The van der Waals surface area contributed by atoms with Gasteiger partial charge in [0.25, 0.3) is 6.43 Å². The van der Waals surface area contributed by atoms with Gasteiger partial charge in [0, 0.05) is 29.2 Å². The smallest absolute Gasteiger partial charge is 0.387 e. The Balaban J connectivity index is 1.67. The maximum Gasteiger partial charge on any atom is 0.387 e. The van der Waals surface area contributed by atoms with Gasteiger partial charge in [0.05, 0.1) is 22.7 Å². The molecule has 1 saturated heterocycles. The molecule has 7 nitrogen and oxygen atoms in total. The predicted molar refractivity (Wildman–Crippen MR) is 116 cm³/mol. The van der Waals surface area contributed by atoms with Crippen molar-refractivity contribution >= 4 is 15.7 Å². The van der Waals surface area contributed by atoms with Gasteiger partial charge in [-0.2, -0.15) is 13.9 Å². The zero-order valence-corrected chi connectivity index (χ0v) is 19.7. The van der Waals surface area contributed by atoms with Crippen molar-refractivity contribution < 1.29 is 39.9 Å². The molecule has 0 radical (unpaired) electrons. The Hall–Kier alpha value is -2.70. The van der Waals surface area contributed by atoms with Crippen LogP contribution in [0.15, 0.2) is 18.2 Å². The number of hydrogen-bond donors (Lipinski definition) is 1. The molecule has 1 aromatic carbocycles. The van der Waals surface area contributed by atoms with E-state index in [0.717, 1.165) is 22.9 Å². The molecule has 192 valence electrons. The molecule has 2 aliphatic rings. The summed E-state index contributed by atoms with van der Waals surface area (Å²) in [5.41, 5.74) is -0.251. The Bertz CT molecular complexity index is 1240. The van der Waals surface area contributed by atoms with Crippen molar-refractivity contribution in [2.24, 2.45) is 5.92 Å². The van der Waals surface area contributed by atoms with E-state index in [1.165, 1.54) is 6.92 Å². The minimum absolute atomic E-state index is 0.0284. The van der Waals surface area contributed by atoms with Crippen LogP contribution >= 0.6 is 0 Å². The fourth-order valence-corrected chi connectivity index (χ4v) is 6.78. The first-order valence-corrected chi connectivity index (χ1v) is 12.8. The van der Waals surface area contributed by atoms with Crippen LogP contribution in [0.4, 0.5) is 22.0 Å². The largest absolute Gasteiger partial charge is 0.435 e. The minimum atomic E-state index is -3.19. The summed E-state index contributed by atoms with van der Waals surface area (Å²) < 4.78 is 95.7. The summed E-state index contributed by atoms with van der Waals surface area (Å²) in [6, 6.07) is 1.61. The lowest BCUT2D eigenvalue weighted by Gasteiger charge is -2.39. The lowest BCUT2D eigenvalue weighted by atomic mass is 9.84. The number of halogens is 5. The van der Waals surface area contributed by atoms with Crippen molar-refractivity contribution in [2.45, 2.75) is 57.7 Å². The van der Waals surface area contributed by atoms with E-state index in [9.17, 15) is 35.2 Å². The quantitative estimate of drug-likeness (QED) is 0.564. The number of alkyl halides is 4. The van der Waals surface area contributed by atoms with Crippen molar-refractivity contribution in [3.63, 3.8) is 0 Å². The van der Waals surface area contributed by atoms with Gasteiger partial charge in [-0.15, -0.1) is 0 Å². The van der Waals surface area contributed by atoms with Gasteiger partial charge in [-0.1, -0.05) is 0 Å². The first-order chi connectivity index (χ1) is 16.3. The van der Waals surface area contributed by atoms with Crippen LogP contribution in [-0.4, -0.2) is 54.2 Å². The number of fused-ring (bicyclic) bond motifs is 1. The Kier molecular flexibility index (Phi) is 6.58. The molecule has 1 aliphatic heterocycles. The molecule has 1 fully saturated rings. The van der Waals surface area contributed by atoms with E-state index in [1.807, 2.05) is 0 Å². The molecule has 2 atom stereocenters. The minimum Gasteiger partial charge on any atom is -0.435 e. The first kappa shape index (κ1) is 25.4. The highest BCUT2D eigenvalue weighted by Gasteiger charge is 2.47. The van der Waals surface area contributed by atoms with Gasteiger partial charge in [-0.25, -0.2) is 21.6 Å². The number of ether oxygens (including phenoxy) is 1. The number of carbonyl (C=O) groups is 1. The highest BCUT2D eigenvalue weighted by molar-refractivity contribution is 7.93. The molecule has 0 spiro atoms. The van der Waals surface area contributed by atoms with Crippen molar-refractivity contribution in [2.75, 3.05) is 11.5 Å². The average Bonchev–Trinajstić information content (AvgIpc) is 3.11. The number of amides is 1. The lowest BCUT2D eigenvalue weighted by molar-refractivity contribution is -0.126. The molecule has 1 aliphatic carbocycles. The van der Waals surface area contributed by atoms with Crippen molar-refractivity contribution in [1.29, 1.82) is 0 Å². The zero-order valence-electron chi connectivity index (χ0n) is 18.9. The molecule has 0 saturated carbocycles. The van der Waals surface area contributed by atoms with E-state index >= 15 is 0 Å². The van der Waals surface area contributed by atoms with Crippen molar-refractivity contribution in [1.82, 2.24) is 15.1 Å². The maximum atomic E-state index is 14.7. The summed E-state index contributed by atoms with van der Waals surface area (Å²) in [6.45, 7) is -0.276. The van der Waals surface area contributed by atoms with Gasteiger partial charge in [-0.3, -0.25) is 9.48 Å². The van der Waals surface area contributed by atoms with Crippen LogP contribution in [0, 0.1) is 11.7 Å². The highest BCUT2D eigenvalue weighted by atomic mass is 32.2. The summed E-state index contributed by atoms with van der Waals surface area (Å²) in [7, 11) is -3.19. The number of nitrogens with one attached hydrogen (secondary N) is 1. The number of carbonyl (C=O) groups excluding carboxylic acids is 1. The number of hydrogen-bond acceptors (Lipinski definition) is 5. The SMILES string of the molecule is C[C@@H](C(F)F)n1nc(-c2cc(OC(F)F)ccc2F)c2c1CC(C(=O)NC1(C)CS(=O)(=O)C1)CC2. The molecule has 1 N–H and O–H groups in total. The topological polar surface area (TPSA) is 90.3 Å². The van der Waals surface area contributed by atoms with Gasteiger partial charge in [0.15, 0.2) is 9.84 Å². The second-order valence-electron chi connectivity index (χ2n) is 9.34. The molecule has 1 aromatic heterocycles. The van der Waals surface area contributed by atoms with E-state index in [-0.39, 0.29) is 47.8 Å². The van der Waals surface area contributed by atoms with Gasteiger partial charge < -0.3 is 10.1 Å². The Morgan fingerprint density at radius 3 is 2.54 bits per heavy atom. The fraction of sp³-hybridized carbons (Fsp3) is 0.545. The van der Waals surface area contributed by atoms with E-state index in [2.05, 4.69) is 15.2 Å². The third-order valence-electron chi connectivity index (χ3n) is 6.34. The summed E-state index contributed by atoms with van der Waals surface area (Å²) >= 11 is 0. The highest BCUT2D eigenvalue weighted by Crippen LogP contribution is 2.38. The van der Waals surface area contributed by atoms with Gasteiger partial charge in [0.2, 0.25) is 5.91 Å². The average molecular weight is 522 g/mol. The Morgan fingerprint density at radius 2 is 1.94 bits per heavy atom. The molecular formula is C22H24F5N3O4S. The molecule has 35 heavy (non-hydrogen) atoms. The third-order valence-corrected chi connectivity index (χ3v) is 8.50. The summed E-state index contributed by atoms with van der Waals surface area (Å²) in [5.74, 6) is -2.48. The summed E-state index contributed by atoms with van der Waals surface area (Å²) in [4.78, 5) is 12.9. The third kappa shape index (κ3) is 5.14. The molecule has 13 heteroatoms. The van der Waals surface area contributed by atoms with E-state index < -0.39 is 52.1 Å². The van der Waals surface area contributed by atoms with Crippen LogP contribution in [0.25, 0.3) is 11.3 Å². The monoisotopic (exact) mass is 521 g/mol. The van der Waals surface area contributed by atoms with Crippen LogP contribution in [0.5, 0.6) is 5.75 Å². The fourth-order valence-electron chi connectivity index (χ4n) is 4.78. The van der Waals surface area contributed by atoms with Gasteiger partial charge in [-0.05, 0) is 44.9 Å². The number of nitrogens with zero attached hydrogens (tertiary/aromatic N) is 2. The normalized spacial score (nSPS) is 21.3. The van der Waals surface area contributed by atoms with Crippen LogP contribution in [0.1, 0.15) is 37.6 Å². The van der Waals surface area contributed by atoms with E-state index in [4.69, 9.17) is 0 Å². The second-order valence-corrected chi connectivity index (χ2v) is 11.4. The Labute approximate surface area is 198 Å². The molecule has 1 amide bonds. The van der Waals surface area contributed by atoms with Gasteiger partial charge in [0.1, 0.15) is 17.6 Å². The van der Waals surface area contributed by atoms with Crippen LogP contribution in [-0.2, 0) is 27.5 Å². The number of sulfone groups is 1. The molecule has 2 aromatic rings. The van der Waals surface area contributed by atoms with E-state index in [0.29, 0.717) is 11.3 Å². The van der Waals surface area contributed by atoms with Crippen molar-refractivity contribution in [3.8, 4) is 17.0 Å². The first-order valence-electron chi connectivity index (χ1n) is 10.9. The standard InChI is InChI=1S/C22H24F5N3O4S/c1-11(19(24)25)30-17-7-12(20(31)28-22(2)9-35(32,33)10-22)3-5-14(17)18(29-30)15-8-13(34-21(26)27)4-6-16(15)23/h4,6,8,11-12,19,21H,3,5,7,9-10H2,1-2H3,(H,28,31)/t11-,12?/m0/s1. The van der Waals surface area contributed by atoms with Crippen LogP contribution < -0.4 is 10.1 Å². The molecule has 1 unspecified atom stereocenters. The number of rotatable bonds is 7. The zero-order chi connectivity index (χ0) is 25.7. The molecule has 2 heterocycles. The number of aromatic nitrogens is 2. The van der Waals surface area contributed by atoms with Crippen LogP contribution in [0.3, 0.4) is 0 Å². The van der Waals surface area contributed by atoms with Gasteiger partial charge >= 0.3 is 6.61 Å². The Morgan fingerprint density at radius 1 is 1.26 bits per heavy atom. The molecule has 0 bridgehead atoms. The number of benzene rings is 1. The van der Waals surface area contributed by atoms with Crippen molar-refractivity contribution in [3.05, 3.63) is 35.3 Å².